The molecule has 20 heavy (non-hydrogen) atoms. The third-order valence-corrected chi connectivity index (χ3v) is 4.69. The Hall–Kier alpha value is -1.35. The smallest absolute Gasteiger partial charge is 0.220 e. The minimum atomic E-state index is 0.207. The second-order valence-corrected chi connectivity index (χ2v) is 6.40. The van der Waals surface area contributed by atoms with Crippen molar-refractivity contribution in [3.05, 3.63) is 35.4 Å². The summed E-state index contributed by atoms with van der Waals surface area (Å²) in [5.41, 5.74) is 3.14. The normalized spacial score (nSPS) is 24.9. The van der Waals surface area contributed by atoms with Crippen molar-refractivity contribution in [1.82, 2.24) is 10.6 Å². The van der Waals surface area contributed by atoms with Crippen LogP contribution in [0.15, 0.2) is 24.3 Å². The number of hydrogen-bond donors (Lipinski definition) is 2. The van der Waals surface area contributed by atoms with E-state index in [1.807, 2.05) is 0 Å². The van der Waals surface area contributed by atoms with Gasteiger partial charge in [0.2, 0.25) is 5.91 Å². The molecule has 3 nitrogen and oxygen atoms in total. The molecule has 0 bridgehead atoms. The van der Waals surface area contributed by atoms with Crippen LogP contribution in [-0.2, 0) is 11.2 Å². The van der Waals surface area contributed by atoms with Gasteiger partial charge in [0.05, 0.1) is 0 Å². The van der Waals surface area contributed by atoms with E-state index in [1.165, 1.54) is 24.0 Å². The Morgan fingerprint density at radius 3 is 2.85 bits per heavy atom. The largest absolute Gasteiger partial charge is 0.356 e. The third kappa shape index (κ3) is 3.21. The fourth-order valence-electron chi connectivity index (χ4n) is 3.20. The summed E-state index contributed by atoms with van der Waals surface area (Å²) in [4.78, 5) is 11.4. The van der Waals surface area contributed by atoms with Crippen LogP contribution < -0.4 is 10.6 Å². The van der Waals surface area contributed by atoms with Gasteiger partial charge in [-0.25, -0.2) is 0 Å². The van der Waals surface area contributed by atoms with E-state index in [1.54, 1.807) is 0 Å². The highest BCUT2D eigenvalue weighted by atomic mass is 16.1. The molecular weight excluding hydrogens is 248 g/mol. The molecule has 0 spiro atoms. The molecule has 1 heterocycles. The van der Waals surface area contributed by atoms with Gasteiger partial charge in [-0.05, 0) is 50.2 Å². The molecule has 1 aliphatic heterocycles. The van der Waals surface area contributed by atoms with Crippen LogP contribution in [-0.4, -0.2) is 24.0 Å². The molecule has 1 aliphatic carbocycles. The van der Waals surface area contributed by atoms with Gasteiger partial charge in [-0.1, -0.05) is 24.3 Å². The Bertz CT molecular complexity index is 494. The predicted molar refractivity (Wildman–Crippen MR) is 80.6 cm³/mol. The minimum absolute atomic E-state index is 0.207. The fraction of sp³-hybridized carbons (Fsp3) is 0.588. The molecule has 1 aromatic carbocycles. The number of benzene rings is 1. The molecule has 1 atom stereocenters. The summed E-state index contributed by atoms with van der Waals surface area (Å²) in [7, 11) is 0. The van der Waals surface area contributed by atoms with Crippen molar-refractivity contribution in [3.63, 3.8) is 0 Å². The van der Waals surface area contributed by atoms with Crippen LogP contribution in [0.3, 0.4) is 0 Å². The van der Waals surface area contributed by atoms with Crippen LogP contribution in [0.25, 0.3) is 0 Å². The summed E-state index contributed by atoms with van der Waals surface area (Å²) in [6, 6.07) is 9.16. The monoisotopic (exact) mass is 272 g/mol. The zero-order chi connectivity index (χ0) is 14.0. The summed E-state index contributed by atoms with van der Waals surface area (Å²) in [6.07, 6.45) is 6.34. The lowest BCUT2D eigenvalue weighted by molar-refractivity contribution is -0.120. The van der Waals surface area contributed by atoms with E-state index in [4.69, 9.17) is 0 Å². The van der Waals surface area contributed by atoms with E-state index in [2.05, 4.69) is 41.8 Å². The van der Waals surface area contributed by atoms with E-state index in [9.17, 15) is 4.79 Å². The average Bonchev–Trinajstić information content (AvgIpc) is 3.20. The first kappa shape index (κ1) is 13.6. The SMILES string of the molecule is Cc1ccccc1CC1(N[C@@H]2CCNC(=O)CC2)CC1. The standard InChI is InChI=1S/C17H24N2O/c1-13-4-2-3-5-14(13)12-17(9-10-17)19-15-6-7-16(20)18-11-8-15/h2-5,15,19H,6-12H2,1H3,(H,18,20)/t15-/m0/s1. The number of aryl methyl sites for hydroxylation is 1. The Balaban J connectivity index is 1.62. The van der Waals surface area contributed by atoms with E-state index in [0.29, 0.717) is 18.0 Å². The number of hydrogen-bond acceptors (Lipinski definition) is 2. The zero-order valence-electron chi connectivity index (χ0n) is 12.2. The summed E-state index contributed by atoms with van der Waals surface area (Å²) in [5, 5.41) is 6.81. The molecule has 2 N–H and O–H groups in total. The van der Waals surface area contributed by atoms with Gasteiger partial charge in [0.15, 0.2) is 0 Å². The first-order valence-electron chi connectivity index (χ1n) is 7.76. The Kier molecular flexibility index (Phi) is 3.79. The highest BCUT2D eigenvalue weighted by Gasteiger charge is 2.43. The molecule has 1 saturated carbocycles. The van der Waals surface area contributed by atoms with E-state index >= 15 is 0 Å². The molecule has 108 valence electrons. The van der Waals surface area contributed by atoms with Crippen molar-refractivity contribution in [1.29, 1.82) is 0 Å². The maximum atomic E-state index is 11.4. The molecule has 2 fully saturated rings. The van der Waals surface area contributed by atoms with Crippen molar-refractivity contribution in [2.24, 2.45) is 0 Å². The molecule has 1 aromatic rings. The highest BCUT2D eigenvalue weighted by molar-refractivity contribution is 5.76. The van der Waals surface area contributed by atoms with E-state index in [-0.39, 0.29) is 5.91 Å². The molecule has 3 rings (SSSR count). The maximum Gasteiger partial charge on any atom is 0.220 e. The molecule has 2 aliphatic rings. The number of carbonyl (C=O) groups excluding carboxylic acids is 1. The first-order chi connectivity index (χ1) is 9.67. The maximum absolute atomic E-state index is 11.4. The molecule has 1 amide bonds. The first-order valence-corrected chi connectivity index (χ1v) is 7.76. The van der Waals surface area contributed by atoms with Gasteiger partial charge in [0.25, 0.3) is 0 Å². The lowest BCUT2D eigenvalue weighted by Gasteiger charge is -2.25. The molecular formula is C17H24N2O. The van der Waals surface area contributed by atoms with E-state index < -0.39 is 0 Å². The van der Waals surface area contributed by atoms with Crippen molar-refractivity contribution in [2.75, 3.05) is 6.54 Å². The van der Waals surface area contributed by atoms with Gasteiger partial charge >= 0.3 is 0 Å². The van der Waals surface area contributed by atoms with Crippen LogP contribution in [0.1, 0.15) is 43.2 Å². The zero-order valence-corrected chi connectivity index (χ0v) is 12.2. The van der Waals surface area contributed by atoms with Crippen LogP contribution in [0.5, 0.6) is 0 Å². The van der Waals surface area contributed by atoms with Crippen LogP contribution in [0.2, 0.25) is 0 Å². The van der Waals surface area contributed by atoms with Crippen molar-refractivity contribution < 1.29 is 4.79 Å². The van der Waals surface area contributed by atoms with Gasteiger partial charge in [0, 0.05) is 24.5 Å². The molecule has 0 unspecified atom stereocenters. The Labute approximate surface area is 121 Å². The predicted octanol–water partition coefficient (Wildman–Crippen LogP) is 2.33. The van der Waals surface area contributed by atoms with Gasteiger partial charge < -0.3 is 10.6 Å². The number of nitrogens with one attached hydrogen (secondary N) is 2. The van der Waals surface area contributed by atoms with Gasteiger partial charge in [0.1, 0.15) is 0 Å². The Morgan fingerprint density at radius 1 is 1.30 bits per heavy atom. The van der Waals surface area contributed by atoms with Gasteiger partial charge in [-0.2, -0.15) is 0 Å². The summed E-state index contributed by atoms with van der Waals surface area (Å²) < 4.78 is 0. The Morgan fingerprint density at radius 2 is 2.10 bits per heavy atom. The quantitative estimate of drug-likeness (QED) is 0.883. The lowest BCUT2D eigenvalue weighted by atomic mass is 9.98. The number of amides is 1. The average molecular weight is 272 g/mol. The second kappa shape index (κ2) is 5.57. The minimum Gasteiger partial charge on any atom is -0.356 e. The lowest BCUT2D eigenvalue weighted by Crippen LogP contribution is -2.42. The van der Waals surface area contributed by atoms with Crippen LogP contribution in [0, 0.1) is 6.92 Å². The fourth-order valence-corrected chi connectivity index (χ4v) is 3.20. The van der Waals surface area contributed by atoms with Crippen molar-refractivity contribution in [3.8, 4) is 0 Å². The number of rotatable bonds is 4. The van der Waals surface area contributed by atoms with Crippen LogP contribution in [0.4, 0.5) is 0 Å². The second-order valence-electron chi connectivity index (χ2n) is 6.40. The van der Waals surface area contributed by atoms with Crippen molar-refractivity contribution in [2.45, 2.75) is 57.0 Å². The van der Waals surface area contributed by atoms with Crippen LogP contribution >= 0.6 is 0 Å². The topological polar surface area (TPSA) is 41.1 Å². The summed E-state index contributed by atoms with van der Waals surface area (Å²) in [5.74, 6) is 0.207. The summed E-state index contributed by atoms with van der Waals surface area (Å²) >= 11 is 0. The van der Waals surface area contributed by atoms with Crippen molar-refractivity contribution >= 4 is 5.91 Å². The third-order valence-electron chi connectivity index (χ3n) is 4.69. The molecule has 3 heteroatoms. The van der Waals surface area contributed by atoms with E-state index in [0.717, 1.165) is 25.8 Å². The highest BCUT2D eigenvalue weighted by Crippen LogP contribution is 2.40. The number of carbonyl (C=O) groups is 1. The summed E-state index contributed by atoms with van der Waals surface area (Å²) in [6.45, 7) is 3.01. The molecule has 0 radical (unpaired) electrons. The molecule has 0 aromatic heterocycles. The molecule has 1 saturated heterocycles. The van der Waals surface area contributed by atoms with Gasteiger partial charge in [-0.3, -0.25) is 4.79 Å². The van der Waals surface area contributed by atoms with Gasteiger partial charge in [-0.15, -0.1) is 0 Å².